The lowest BCUT2D eigenvalue weighted by Crippen LogP contribution is -2.11. The van der Waals surface area contributed by atoms with Crippen LogP contribution < -0.4 is 4.74 Å². The molecule has 2 aromatic rings. The first-order valence-electron chi connectivity index (χ1n) is 5.39. The van der Waals surface area contributed by atoms with Crippen LogP contribution in [-0.2, 0) is 6.18 Å². The maximum absolute atomic E-state index is 13.3. The molecule has 0 amide bonds. The number of nitrogens with zero attached hydrogens (tertiary/aromatic N) is 1. The van der Waals surface area contributed by atoms with E-state index in [4.69, 9.17) is 9.84 Å². The summed E-state index contributed by atoms with van der Waals surface area (Å²) in [5.74, 6) is -2.58. The predicted octanol–water partition coefficient (Wildman–Crippen LogP) is 3.67. The van der Waals surface area contributed by atoms with Crippen LogP contribution in [0.3, 0.4) is 0 Å². The molecule has 0 unspecified atom stereocenters. The average molecular weight is 321 g/mol. The summed E-state index contributed by atoms with van der Waals surface area (Å²) in [6.45, 7) is 0. The SMILES string of the molecule is COc1cc(-c2nc(C(F)(F)F)c(C(=O)O)s2)ccc1F. The van der Waals surface area contributed by atoms with Crippen LogP contribution in [0, 0.1) is 5.82 Å². The van der Waals surface area contributed by atoms with Gasteiger partial charge >= 0.3 is 12.1 Å². The standard InChI is InChI=1S/C12H7F4NO3S/c1-20-7-4-5(2-3-6(7)13)10-17-9(12(14,15)16)8(21-10)11(18)19/h2-4H,1H3,(H,18,19). The van der Waals surface area contributed by atoms with E-state index in [2.05, 4.69) is 4.98 Å². The zero-order valence-corrected chi connectivity index (χ0v) is 11.2. The Morgan fingerprint density at radius 3 is 2.52 bits per heavy atom. The van der Waals surface area contributed by atoms with E-state index in [0.29, 0.717) is 11.3 Å². The minimum Gasteiger partial charge on any atom is -0.494 e. The normalized spacial score (nSPS) is 11.5. The summed E-state index contributed by atoms with van der Waals surface area (Å²) in [5, 5.41) is 8.64. The maximum Gasteiger partial charge on any atom is 0.435 e. The molecule has 0 atom stereocenters. The van der Waals surface area contributed by atoms with Crippen molar-refractivity contribution < 1.29 is 32.2 Å². The molecule has 9 heteroatoms. The van der Waals surface area contributed by atoms with Gasteiger partial charge in [-0.3, -0.25) is 0 Å². The highest BCUT2D eigenvalue weighted by Crippen LogP contribution is 2.38. The minimum atomic E-state index is -4.88. The van der Waals surface area contributed by atoms with Crippen molar-refractivity contribution in [3.05, 3.63) is 34.6 Å². The van der Waals surface area contributed by atoms with Gasteiger partial charge in [0.25, 0.3) is 0 Å². The van der Waals surface area contributed by atoms with Gasteiger partial charge < -0.3 is 9.84 Å². The van der Waals surface area contributed by atoms with Crippen molar-refractivity contribution in [1.29, 1.82) is 0 Å². The topological polar surface area (TPSA) is 59.4 Å². The van der Waals surface area contributed by atoms with Crippen LogP contribution in [0.5, 0.6) is 5.75 Å². The number of ether oxygens (including phenoxy) is 1. The maximum atomic E-state index is 13.3. The number of benzene rings is 1. The molecule has 0 aliphatic rings. The highest BCUT2D eigenvalue weighted by atomic mass is 32.1. The first kappa shape index (κ1) is 15.2. The Morgan fingerprint density at radius 2 is 2.05 bits per heavy atom. The van der Waals surface area contributed by atoms with Gasteiger partial charge in [0.2, 0.25) is 0 Å². The van der Waals surface area contributed by atoms with Crippen LogP contribution in [0.1, 0.15) is 15.4 Å². The number of alkyl halides is 3. The first-order valence-corrected chi connectivity index (χ1v) is 6.21. The Morgan fingerprint density at radius 1 is 1.38 bits per heavy atom. The minimum absolute atomic E-state index is 0.135. The molecular weight excluding hydrogens is 314 g/mol. The van der Waals surface area contributed by atoms with Crippen molar-refractivity contribution in [1.82, 2.24) is 4.98 Å². The van der Waals surface area contributed by atoms with E-state index in [1.54, 1.807) is 0 Å². The molecular formula is C12H7F4NO3S. The fraction of sp³-hybridized carbons (Fsp3) is 0.167. The number of aromatic carboxylic acids is 1. The van der Waals surface area contributed by atoms with E-state index in [1.807, 2.05) is 0 Å². The number of hydrogen-bond donors (Lipinski definition) is 1. The summed E-state index contributed by atoms with van der Waals surface area (Å²) >= 11 is 0.364. The summed E-state index contributed by atoms with van der Waals surface area (Å²) in [5.41, 5.74) is -1.34. The van der Waals surface area contributed by atoms with E-state index >= 15 is 0 Å². The molecule has 0 aliphatic carbocycles. The van der Waals surface area contributed by atoms with Gasteiger partial charge in [-0.05, 0) is 18.2 Å². The lowest BCUT2D eigenvalue weighted by Gasteiger charge is -2.04. The Bertz CT molecular complexity index is 696. The van der Waals surface area contributed by atoms with Gasteiger partial charge in [-0.25, -0.2) is 14.2 Å². The predicted molar refractivity (Wildman–Crippen MR) is 66.0 cm³/mol. The largest absolute Gasteiger partial charge is 0.494 e. The fourth-order valence-electron chi connectivity index (χ4n) is 1.57. The molecule has 1 heterocycles. The van der Waals surface area contributed by atoms with Gasteiger partial charge in [-0.1, -0.05) is 0 Å². The molecule has 0 fully saturated rings. The van der Waals surface area contributed by atoms with E-state index in [9.17, 15) is 22.4 Å². The third-order valence-corrected chi connectivity index (χ3v) is 3.58. The highest BCUT2D eigenvalue weighted by Gasteiger charge is 2.39. The number of carboxylic acid groups (broad SMARTS) is 1. The molecule has 0 saturated heterocycles. The molecule has 0 spiro atoms. The summed E-state index contributed by atoms with van der Waals surface area (Å²) in [7, 11) is 1.20. The average Bonchev–Trinajstić information content (AvgIpc) is 2.84. The van der Waals surface area contributed by atoms with Gasteiger partial charge in [0.15, 0.2) is 17.3 Å². The van der Waals surface area contributed by atoms with Crippen LogP contribution in [0.25, 0.3) is 10.6 Å². The smallest absolute Gasteiger partial charge is 0.435 e. The van der Waals surface area contributed by atoms with Crippen LogP contribution in [0.15, 0.2) is 18.2 Å². The summed E-state index contributed by atoms with van der Waals surface area (Å²) in [6.07, 6.45) is -4.88. The molecule has 2 rings (SSSR count). The quantitative estimate of drug-likeness (QED) is 0.876. The summed E-state index contributed by atoms with van der Waals surface area (Å²) < 4.78 is 56.2. The van der Waals surface area contributed by atoms with Crippen LogP contribution in [0.2, 0.25) is 0 Å². The third kappa shape index (κ3) is 2.97. The second kappa shape index (κ2) is 5.32. The van der Waals surface area contributed by atoms with Crippen molar-refractivity contribution >= 4 is 17.3 Å². The van der Waals surface area contributed by atoms with Gasteiger partial charge in [-0.15, -0.1) is 11.3 Å². The first-order chi connectivity index (χ1) is 9.74. The van der Waals surface area contributed by atoms with Crippen LogP contribution in [0.4, 0.5) is 17.6 Å². The van der Waals surface area contributed by atoms with Crippen molar-refractivity contribution in [3.8, 4) is 16.3 Å². The lowest BCUT2D eigenvalue weighted by atomic mass is 10.2. The summed E-state index contributed by atoms with van der Waals surface area (Å²) in [4.78, 5) is 13.3. The number of carboxylic acids is 1. The Hall–Kier alpha value is -2.16. The highest BCUT2D eigenvalue weighted by molar-refractivity contribution is 7.17. The Kier molecular flexibility index (Phi) is 3.86. The molecule has 0 aliphatic heterocycles. The molecule has 4 nitrogen and oxygen atoms in total. The van der Waals surface area contributed by atoms with Gasteiger partial charge in [-0.2, -0.15) is 13.2 Å². The van der Waals surface area contributed by atoms with E-state index in [-0.39, 0.29) is 16.3 Å². The number of halogens is 4. The Labute approximate surface area is 119 Å². The van der Waals surface area contributed by atoms with Crippen molar-refractivity contribution in [2.45, 2.75) is 6.18 Å². The zero-order valence-electron chi connectivity index (χ0n) is 10.4. The fourth-order valence-corrected chi connectivity index (χ4v) is 2.49. The van der Waals surface area contributed by atoms with Gasteiger partial charge in [0.1, 0.15) is 9.88 Å². The van der Waals surface area contributed by atoms with Crippen molar-refractivity contribution in [2.24, 2.45) is 0 Å². The molecule has 0 radical (unpaired) electrons. The number of methoxy groups -OCH3 is 1. The van der Waals surface area contributed by atoms with E-state index in [0.717, 1.165) is 12.1 Å². The molecule has 0 saturated carbocycles. The molecule has 21 heavy (non-hydrogen) atoms. The van der Waals surface area contributed by atoms with Crippen molar-refractivity contribution in [3.63, 3.8) is 0 Å². The second-order valence-corrected chi connectivity index (χ2v) is 4.85. The molecule has 0 bridgehead atoms. The van der Waals surface area contributed by atoms with Crippen molar-refractivity contribution in [2.75, 3.05) is 7.11 Å². The van der Waals surface area contributed by atoms with Gasteiger partial charge in [0, 0.05) is 5.56 Å². The molecule has 1 aromatic carbocycles. The molecule has 1 aromatic heterocycles. The van der Waals surface area contributed by atoms with Crippen LogP contribution in [-0.4, -0.2) is 23.2 Å². The van der Waals surface area contributed by atoms with E-state index in [1.165, 1.54) is 13.2 Å². The zero-order chi connectivity index (χ0) is 15.8. The van der Waals surface area contributed by atoms with Gasteiger partial charge in [0.05, 0.1) is 7.11 Å². The van der Waals surface area contributed by atoms with E-state index < -0.39 is 28.5 Å². The number of thiazole rings is 1. The lowest BCUT2D eigenvalue weighted by molar-refractivity contribution is -0.141. The molecule has 112 valence electrons. The number of aromatic nitrogens is 1. The second-order valence-electron chi connectivity index (χ2n) is 3.85. The number of rotatable bonds is 3. The number of hydrogen-bond acceptors (Lipinski definition) is 4. The third-order valence-electron chi connectivity index (χ3n) is 2.49. The monoisotopic (exact) mass is 321 g/mol. The molecule has 1 N–H and O–H groups in total. The Balaban J connectivity index is 2.58. The number of carbonyl (C=O) groups is 1. The van der Waals surface area contributed by atoms with Crippen LogP contribution >= 0.6 is 11.3 Å². The summed E-state index contributed by atoms with van der Waals surface area (Å²) in [6, 6.07) is 3.35.